The molecule has 2 aromatic rings. The van der Waals surface area contributed by atoms with E-state index in [1.54, 1.807) is 6.08 Å². The Kier molecular flexibility index (Phi) is 5.49. The van der Waals surface area contributed by atoms with E-state index in [1.165, 1.54) is 16.8 Å². The number of carbonyl (C=O) groups excluding carboxylic acids is 1. The topological polar surface area (TPSA) is 48.5 Å². The van der Waals surface area contributed by atoms with E-state index in [1.807, 2.05) is 17.2 Å². The van der Waals surface area contributed by atoms with Gasteiger partial charge in [-0.1, -0.05) is 24.8 Å². The minimum absolute atomic E-state index is 0.106. The number of benzene rings is 1. The van der Waals surface area contributed by atoms with Crippen molar-refractivity contribution in [2.24, 2.45) is 5.92 Å². The molecular formula is C26H30N4O. The third kappa shape index (κ3) is 4.36. The van der Waals surface area contributed by atoms with Crippen LogP contribution in [0.1, 0.15) is 36.0 Å². The average molecular weight is 415 g/mol. The van der Waals surface area contributed by atoms with Gasteiger partial charge >= 0.3 is 0 Å². The van der Waals surface area contributed by atoms with E-state index >= 15 is 0 Å². The van der Waals surface area contributed by atoms with Crippen LogP contribution in [0.15, 0.2) is 54.9 Å². The van der Waals surface area contributed by atoms with Crippen LogP contribution in [-0.4, -0.2) is 42.0 Å². The first-order valence-corrected chi connectivity index (χ1v) is 11.4. The lowest BCUT2D eigenvalue weighted by molar-refractivity contribution is -0.127. The average Bonchev–Trinajstić information content (AvgIpc) is 3.21. The highest BCUT2D eigenvalue weighted by molar-refractivity contribution is 5.91. The van der Waals surface area contributed by atoms with Gasteiger partial charge in [-0.3, -0.25) is 4.79 Å². The van der Waals surface area contributed by atoms with Crippen molar-refractivity contribution in [1.82, 2.24) is 9.88 Å². The molecule has 0 spiro atoms. The smallest absolute Gasteiger partial charge is 0.246 e. The van der Waals surface area contributed by atoms with Gasteiger partial charge in [-0.15, -0.1) is 0 Å². The molecule has 3 aliphatic rings. The standard InChI is InChI=1S/C26H30N4O/c1-19-6-8-23-16-21(17-27-26(23)28-19)7-9-25(31)29-13-10-20(11-14-29)18-30-15-12-22-4-2-3-5-24(22)30/h2-5,7,9,16-17,20H,1,6,8,10-15,18H2,(H,27,28)/b9-7+. The molecule has 5 nitrogen and oxygen atoms in total. The molecule has 31 heavy (non-hydrogen) atoms. The molecule has 5 heteroatoms. The highest BCUT2D eigenvalue weighted by Gasteiger charge is 2.26. The second-order valence-electron chi connectivity index (χ2n) is 8.93. The molecule has 0 saturated carbocycles. The van der Waals surface area contributed by atoms with Crippen molar-refractivity contribution in [3.63, 3.8) is 0 Å². The van der Waals surface area contributed by atoms with Crippen LogP contribution in [-0.2, 0) is 17.6 Å². The Morgan fingerprint density at radius 1 is 1.13 bits per heavy atom. The summed E-state index contributed by atoms with van der Waals surface area (Å²) in [6.45, 7) is 7.89. The Morgan fingerprint density at radius 3 is 2.84 bits per heavy atom. The number of para-hydroxylation sites is 1. The molecule has 0 unspecified atom stereocenters. The monoisotopic (exact) mass is 414 g/mol. The fourth-order valence-corrected chi connectivity index (χ4v) is 4.96. The number of likely N-dealkylation sites (tertiary alicyclic amines) is 1. The van der Waals surface area contributed by atoms with Gasteiger partial charge in [0.2, 0.25) is 5.91 Å². The second kappa shape index (κ2) is 8.58. The minimum atomic E-state index is 0.106. The lowest BCUT2D eigenvalue weighted by atomic mass is 9.96. The van der Waals surface area contributed by atoms with Crippen molar-refractivity contribution in [1.29, 1.82) is 0 Å². The second-order valence-corrected chi connectivity index (χ2v) is 8.93. The number of nitrogens with zero attached hydrogens (tertiary/aromatic N) is 3. The molecule has 0 atom stereocenters. The molecule has 1 fully saturated rings. The first-order valence-electron chi connectivity index (χ1n) is 11.4. The van der Waals surface area contributed by atoms with E-state index in [-0.39, 0.29) is 5.91 Å². The van der Waals surface area contributed by atoms with E-state index in [9.17, 15) is 4.79 Å². The number of allylic oxidation sites excluding steroid dienone is 1. The number of amides is 1. The zero-order valence-corrected chi connectivity index (χ0v) is 18.0. The van der Waals surface area contributed by atoms with Gasteiger partial charge in [-0.05, 0) is 72.9 Å². The summed E-state index contributed by atoms with van der Waals surface area (Å²) in [5.74, 6) is 1.66. The molecule has 1 aromatic carbocycles. The summed E-state index contributed by atoms with van der Waals surface area (Å²) < 4.78 is 0. The molecule has 0 bridgehead atoms. The first kappa shape index (κ1) is 19.9. The van der Waals surface area contributed by atoms with Crippen LogP contribution in [0.4, 0.5) is 11.5 Å². The zero-order chi connectivity index (χ0) is 21.2. The number of nitrogens with one attached hydrogen (secondary N) is 1. The summed E-state index contributed by atoms with van der Waals surface area (Å²) in [6, 6.07) is 10.9. The van der Waals surface area contributed by atoms with Gasteiger partial charge in [-0.25, -0.2) is 4.98 Å². The summed E-state index contributed by atoms with van der Waals surface area (Å²) in [5.41, 5.74) is 6.05. The maximum absolute atomic E-state index is 12.7. The van der Waals surface area contributed by atoms with Crippen LogP contribution in [0, 0.1) is 5.92 Å². The molecule has 5 rings (SSSR count). The van der Waals surface area contributed by atoms with Crippen molar-refractivity contribution in [2.75, 3.05) is 36.4 Å². The predicted octanol–water partition coefficient (Wildman–Crippen LogP) is 4.27. The van der Waals surface area contributed by atoms with Crippen molar-refractivity contribution in [2.45, 2.75) is 32.1 Å². The Morgan fingerprint density at radius 2 is 1.97 bits per heavy atom. The van der Waals surface area contributed by atoms with Crippen molar-refractivity contribution in [3.05, 3.63) is 71.6 Å². The van der Waals surface area contributed by atoms with E-state index in [0.717, 1.165) is 75.4 Å². The van der Waals surface area contributed by atoms with Gasteiger partial charge < -0.3 is 15.1 Å². The molecule has 1 N–H and O–H groups in total. The van der Waals surface area contributed by atoms with Crippen LogP contribution in [0.25, 0.3) is 6.08 Å². The molecule has 1 amide bonds. The highest BCUT2D eigenvalue weighted by Crippen LogP contribution is 2.30. The largest absolute Gasteiger partial charge is 0.371 e. The van der Waals surface area contributed by atoms with Crippen molar-refractivity contribution >= 4 is 23.5 Å². The fourth-order valence-electron chi connectivity index (χ4n) is 4.96. The van der Waals surface area contributed by atoms with Crippen LogP contribution in [0.3, 0.4) is 0 Å². The summed E-state index contributed by atoms with van der Waals surface area (Å²) in [4.78, 5) is 21.7. The number of piperidine rings is 1. The minimum Gasteiger partial charge on any atom is -0.371 e. The molecule has 1 saturated heterocycles. The molecule has 4 heterocycles. The number of hydrogen-bond acceptors (Lipinski definition) is 4. The van der Waals surface area contributed by atoms with Crippen LogP contribution >= 0.6 is 0 Å². The van der Waals surface area contributed by atoms with Gasteiger partial charge in [-0.2, -0.15) is 0 Å². The fraction of sp³-hybridized carbons (Fsp3) is 0.385. The highest BCUT2D eigenvalue weighted by atomic mass is 16.2. The van der Waals surface area contributed by atoms with Crippen molar-refractivity contribution < 1.29 is 4.79 Å². The van der Waals surface area contributed by atoms with Crippen LogP contribution < -0.4 is 10.2 Å². The quantitative estimate of drug-likeness (QED) is 0.759. The van der Waals surface area contributed by atoms with E-state index in [2.05, 4.69) is 52.1 Å². The van der Waals surface area contributed by atoms with Crippen LogP contribution in [0.2, 0.25) is 0 Å². The van der Waals surface area contributed by atoms with E-state index < -0.39 is 0 Å². The molecular weight excluding hydrogens is 384 g/mol. The predicted molar refractivity (Wildman–Crippen MR) is 126 cm³/mol. The van der Waals surface area contributed by atoms with E-state index in [4.69, 9.17) is 0 Å². The van der Waals surface area contributed by atoms with Gasteiger partial charge in [0, 0.05) is 49.8 Å². The number of rotatable bonds is 4. The van der Waals surface area contributed by atoms with Crippen LogP contribution in [0.5, 0.6) is 0 Å². The normalized spacial score (nSPS) is 18.8. The summed E-state index contributed by atoms with van der Waals surface area (Å²) in [7, 11) is 0. The number of pyridine rings is 1. The van der Waals surface area contributed by atoms with Crippen molar-refractivity contribution in [3.8, 4) is 0 Å². The lowest BCUT2D eigenvalue weighted by Crippen LogP contribution is -2.40. The molecule has 1 aromatic heterocycles. The number of aryl methyl sites for hydroxylation is 1. The Bertz CT molecular complexity index is 1020. The number of carbonyl (C=O) groups is 1. The number of hydrogen-bond donors (Lipinski definition) is 1. The third-order valence-electron chi connectivity index (χ3n) is 6.79. The molecule has 160 valence electrons. The van der Waals surface area contributed by atoms with Gasteiger partial charge in [0.1, 0.15) is 5.82 Å². The lowest BCUT2D eigenvalue weighted by Gasteiger charge is -2.34. The Labute approximate surface area is 184 Å². The Balaban J connectivity index is 1.13. The van der Waals surface area contributed by atoms with Gasteiger partial charge in [0.05, 0.1) is 0 Å². The number of fused-ring (bicyclic) bond motifs is 2. The molecule has 3 aliphatic heterocycles. The van der Waals surface area contributed by atoms with Gasteiger partial charge in [0.25, 0.3) is 0 Å². The maximum Gasteiger partial charge on any atom is 0.246 e. The maximum atomic E-state index is 12.7. The Hall–Kier alpha value is -3.08. The third-order valence-corrected chi connectivity index (χ3v) is 6.79. The molecule has 0 aliphatic carbocycles. The van der Waals surface area contributed by atoms with Gasteiger partial charge in [0.15, 0.2) is 0 Å². The van der Waals surface area contributed by atoms with E-state index in [0.29, 0.717) is 5.92 Å². The SMILES string of the molecule is C=C1CCc2cc(/C=C/C(=O)N3CCC(CN4CCc5ccccc54)CC3)cnc2N1. The molecule has 0 radical (unpaired) electrons. The number of anilines is 2. The summed E-state index contributed by atoms with van der Waals surface area (Å²) >= 11 is 0. The first-order chi connectivity index (χ1) is 15.2. The zero-order valence-electron chi connectivity index (χ0n) is 18.0. The summed E-state index contributed by atoms with van der Waals surface area (Å²) in [6.07, 6.45) is 10.6. The number of aromatic nitrogens is 1. The summed E-state index contributed by atoms with van der Waals surface area (Å²) in [5, 5.41) is 3.23.